The molecular weight excluding hydrogens is 396 g/mol. The van der Waals surface area contributed by atoms with E-state index in [9.17, 15) is 0 Å². The third kappa shape index (κ3) is 3.05. The number of hydrogen-bond acceptors (Lipinski definition) is 5. The number of aromatic nitrogens is 1. The Bertz CT molecular complexity index is 794. The lowest BCUT2D eigenvalue weighted by Crippen LogP contribution is -2.55. The van der Waals surface area contributed by atoms with Crippen molar-refractivity contribution in [2.75, 3.05) is 14.2 Å². The highest BCUT2D eigenvalue weighted by atomic mass is 79.9. The minimum atomic E-state index is -0.187. The Morgan fingerprint density at radius 2 is 2.12 bits per heavy atom. The molecule has 0 amide bonds. The molecule has 6 heteroatoms. The van der Waals surface area contributed by atoms with Crippen LogP contribution < -0.4 is 14.2 Å². The molecule has 0 saturated heterocycles. The molecule has 2 aromatic rings. The van der Waals surface area contributed by atoms with Crippen molar-refractivity contribution in [1.82, 2.24) is 9.88 Å². The first-order valence-corrected chi connectivity index (χ1v) is 9.79. The van der Waals surface area contributed by atoms with Gasteiger partial charge in [-0.3, -0.25) is 9.88 Å². The molecule has 0 bridgehead atoms. The summed E-state index contributed by atoms with van der Waals surface area (Å²) in [5.41, 5.74) is 1.91. The number of nitrogens with zero attached hydrogens (tertiary/aromatic N) is 2. The molecular formula is C20H23BrN2O3. The molecule has 1 spiro atoms. The molecule has 26 heavy (non-hydrogen) atoms. The zero-order valence-corrected chi connectivity index (χ0v) is 16.7. The average Bonchev–Trinajstić information content (AvgIpc) is 2.77. The van der Waals surface area contributed by atoms with Crippen molar-refractivity contribution in [1.29, 1.82) is 0 Å². The predicted molar refractivity (Wildman–Crippen MR) is 103 cm³/mol. The van der Waals surface area contributed by atoms with Gasteiger partial charge < -0.3 is 14.2 Å². The summed E-state index contributed by atoms with van der Waals surface area (Å²) in [4.78, 5) is 7.05. The van der Waals surface area contributed by atoms with E-state index >= 15 is 0 Å². The van der Waals surface area contributed by atoms with Crippen molar-refractivity contribution in [3.63, 3.8) is 0 Å². The van der Waals surface area contributed by atoms with Gasteiger partial charge in [0.25, 0.3) is 0 Å². The maximum Gasteiger partial charge on any atom is 0.143 e. The van der Waals surface area contributed by atoms with Gasteiger partial charge in [0.1, 0.15) is 27.8 Å². The van der Waals surface area contributed by atoms with Gasteiger partial charge >= 0.3 is 0 Å². The summed E-state index contributed by atoms with van der Waals surface area (Å²) in [7, 11) is 3.36. The molecule has 1 unspecified atom stereocenters. The number of rotatable bonds is 4. The topological polar surface area (TPSA) is 43.8 Å². The number of methoxy groups -OCH3 is 2. The van der Waals surface area contributed by atoms with E-state index in [0.29, 0.717) is 0 Å². The molecule has 1 aliphatic heterocycles. The molecule has 2 aliphatic rings. The van der Waals surface area contributed by atoms with Gasteiger partial charge in [0, 0.05) is 30.9 Å². The molecule has 138 valence electrons. The molecule has 0 radical (unpaired) electrons. The fraction of sp³-hybridized carbons (Fsp3) is 0.450. The fourth-order valence-electron chi connectivity index (χ4n) is 3.71. The minimum absolute atomic E-state index is 0.116. The van der Waals surface area contributed by atoms with Crippen LogP contribution in [0, 0.1) is 0 Å². The molecule has 5 nitrogen and oxygen atoms in total. The van der Waals surface area contributed by atoms with Crippen molar-refractivity contribution >= 4 is 15.9 Å². The van der Waals surface area contributed by atoms with Crippen LogP contribution >= 0.6 is 15.9 Å². The normalized spacial score (nSPS) is 21.3. The largest absolute Gasteiger partial charge is 0.497 e. The van der Waals surface area contributed by atoms with Gasteiger partial charge in [-0.2, -0.15) is 0 Å². The van der Waals surface area contributed by atoms with Crippen LogP contribution in [0.15, 0.2) is 36.5 Å². The van der Waals surface area contributed by atoms with Crippen LogP contribution in [0.4, 0.5) is 0 Å². The number of benzene rings is 1. The Labute approximate surface area is 162 Å². The summed E-state index contributed by atoms with van der Waals surface area (Å²) in [6.45, 7) is 1.47. The lowest BCUT2D eigenvalue weighted by Gasteiger charge is -2.47. The summed E-state index contributed by atoms with van der Waals surface area (Å²) in [6.07, 6.45) is 5.12. The van der Waals surface area contributed by atoms with E-state index in [2.05, 4.69) is 31.9 Å². The van der Waals surface area contributed by atoms with Gasteiger partial charge in [-0.25, -0.2) is 0 Å². The maximum absolute atomic E-state index is 6.45. The summed E-state index contributed by atoms with van der Waals surface area (Å²) in [5.74, 6) is 2.53. The molecule has 1 aromatic heterocycles. The second-order valence-electron chi connectivity index (χ2n) is 6.89. The molecule has 0 N–H and O–H groups in total. The first kappa shape index (κ1) is 17.6. The van der Waals surface area contributed by atoms with Crippen molar-refractivity contribution in [2.45, 2.75) is 42.9 Å². The summed E-state index contributed by atoms with van der Waals surface area (Å²) >= 11 is 3.94. The summed E-state index contributed by atoms with van der Waals surface area (Å²) in [5, 5.41) is 0. The molecule has 1 aromatic carbocycles. The number of alkyl halides is 1. The highest BCUT2D eigenvalue weighted by Gasteiger charge is 2.50. The van der Waals surface area contributed by atoms with Gasteiger partial charge in [0.05, 0.1) is 19.9 Å². The van der Waals surface area contributed by atoms with E-state index in [1.54, 1.807) is 14.2 Å². The standard InChI is InChI=1S/C20H23BrN2O3/c1-24-15-7-6-14(18(11-15)25-2)12-23-13-16-17(5-3-10-22-16)26-20(19(23)21)8-4-9-20/h3,5-7,10-11,19H,4,8-9,12-13H2,1-2H3. The van der Waals surface area contributed by atoms with Gasteiger partial charge in [-0.1, -0.05) is 22.0 Å². The quantitative estimate of drug-likeness (QED) is 0.551. The Kier molecular flexibility index (Phi) is 4.80. The third-order valence-corrected chi connectivity index (χ3v) is 6.75. The van der Waals surface area contributed by atoms with Crippen LogP contribution in [0.2, 0.25) is 0 Å². The molecule has 4 rings (SSSR count). The maximum atomic E-state index is 6.45. The smallest absolute Gasteiger partial charge is 0.143 e. The first-order valence-electron chi connectivity index (χ1n) is 8.87. The molecule has 2 heterocycles. The second-order valence-corrected chi connectivity index (χ2v) is 7.75. The fourth-order valence-corrected chi connectivity index (χ4v) is 4.55. The molecule has 1 aliphatic carbocycles. The number of fused-ring (bicyclic) bond motifs is 1. The highest BCUT2D eigenvalue weighted by molar-refractivity contribution is 9.09. The SMILES string of the molecule is COc1ccc(CN2Cc3ncccc3OC3(CCC3)C2Br)c(OC)c1. The lowest BCUT2D eigenvalue weighted by atomic mass is 9.79. The minimum Gasteiger partial charge on any atom is -0.497 e. The van der Waals surface area contributed by atoms with Crippen LogP contribution in [0.25, 0.3) is 0 Å². The predicted octanol–water partition coefficient (Wildman–Crippen LogP) is 4.14. The summed E-state index contributed by atoms with van der Waals surface area (Å²) < 4.78 is 17.4. The average molecular weight is 419 g/mol. The van der Waals surface area contributed by atoms with Crippen LogP contribution in [0.5, 0.6) is 17.2 Å². The van der Waals surface area contributed by atoms with Gasteiger partial charge in [0.2, 0.25) is 0 Å². The first-order chi connectivity index (χ1) is 12.6. The van der Waals surface area contributed by atoms with Gasteiger partial charge in [0.15, 0.2) is 0 Å². The monoisotopic (exact) mass is 418 g/mol. The lowest BCUT2D eigenvalue weighted by molar-refractivity contribution is -0.0417. The Morgan fingerprint density at radius 3 is 2.81 bits per heavy atom. The van der Waals surface area contributed by atoms with E-state index in [1.807, 2.05) is 30.5 Å². The van der Waals surface area contributed by atoms with E-state index < -0.39 is 0 Å². The van der Waals surface area contributed by atoms with Crippen molar-refractivity contribution in [2.24, 2.45) is 0 Å². The second kappa shape index (κ2) is 7.08. The van der Waals surface area contributed by atoms with E-state index in [-0.39, 0.29) is 10.6 Å². The Balaban J connectivity index is 1.67. The number of ether oxygens (including phenoxy) is 3. The van der Waals surface area contributed by atoms with Crippen LogP contribution in [-0.4, -0.2) is 34.7 Å². The van der Waals surface area contributed by atoms with Gasteiger partial charge in [-0.15, -0.1) is 0 Å². The zero-order chi connectivity index (χ0) is 18.1. The van der Waals surface area contributed by atoms with Crippen LogP contribution in [0.3, 0.4) is 0 Å². The highest BCUT2D eigenvalue weighted by Crippen LogP contribution is 2.47. The number of pyridine rings is 1. The number of halogens is 1. The van der Waals surface area contributed by atoms with Crippen LogP contribution in [0.1, 0.15) is 30.5 Å². The number of hydrogen-bond donors (Lipinski definition) is 0. The molecule has 1 saturated carbocycles. The van der Waals surface area contributed by atoms with E-state index in [0.717, 1.165) is 54.4 Å². The van der Waals surface area contributed by atoms with E-state index in [4.69, 9.17) is 14.2 Å². The van der Waals surface area contributed by atoms with Gasteiger partial charge in [-0.05, 0) is 37.5 Å². The third-order valence-electron chi connectivity index (χ3n) is 5.34. The summed E-state index contributed by atoms with van der Waals surface area (Å²) in [6, 6.07) is 9.94. The molecule has 1 fully saturated rings. The van der Waals surface area contributed by atoms with Crippen molar-refractivity contribution < 1.29 is 14.2 Å². The van der Waals surface area contributed by atoms with Crippen molar-refractivity contribution in [3.8, 4) is 17.2 Å². The Morgan fingerprint density at radius 1 is 1.27 bits per heavy atom. The van der Waals surface area contributed by atoms with Crippen molar-refractivity contribution in [3.05, 3.63) is 47.8 Å². The van der Waals surface area contributed by atoms with E-state index in [1.165, 1.54) is 6.42 Å². The van der Waals surface area contributed by atoms with Crippen LogP contribution in [-0.2, 0) is 13.1 Å². The zero-order valence-electron chi connectivity index (χ0n) is 15.1. The Hall–Kier alpha value is -1.79. The molecule has 1 atom stereocenters.